The predicted molar refractivity (Wildman–Crippen MR) is 126 cm³/mol. The molecule has 0 spiro atoms. The summed E-state index contributed by atoms with van der Waals surface area (Å²) < 4.78 is 0. The number of nitrogens with zero attached hydrogens (tertiary/aromatic N) is 2. The molecule has 1 saturated heterocycles. The van der Waals surface area contributed by atoms with Gasteiger partial charge in [0, 0.05) is 42.5 Å². The van der Waals surface area contributed by atoms with Crippen molar-refractivity contribution in [2.75, 3.05) is 31.6 Å². The number of amidine groups is 1. The van der Waals surface area contributed by atoms with Gasteiger partial charge in [-0.25, -0.2) is 0 Å². The molecule has 0 bridgehead atoms. The highest BCUT2D eigenvalue weighted by atomic mass is 16.2. The second kappa shape index (κ2) is 11.6. The molecule has 0 aliphatic carbocycles. The molecule has 3 N–H and O–H groups in total. The maximum Gasteiger partial charge on any atom is 0.254 e. The lowest BCUT2D eigenvalue weighted by atomic mass is 10.0. The minimum atomic E-state index is 0.0559. The molecule has 0 radical (unpaired) electrons. The maximum absolute atomic E-state index is 12.6. The third-order valence-corrected chi connectivity index (χ3v) is 5.00. The average Bonchev–Trinajstić information content (AvgIpc) is 3.29. The molecule has 31 heavy (non-hydrogen) atoms. The number of anilines is 1. The van der Waals surface area contributed by atoms with Crippen molar-refractivity contribution in [2.24, 2.45) is 5.73 Å². The largest absolute Gasteiger partial charge is 0.384 e. The fraction of sp³-hybridized carbons (Fsp3) is 0.320. The van der Waals surface area contributed by atoms with Crippen LogP contribution >= 0.6 is 0 Å². The van der Waals surface area contributed by atoms with Gasteiger partial charge in [-0.05, 0) is 62.6 Å². The van der Waals surface area contributed by atoms with Crippen LogP contribution in [0.25, 0.3) is 0 Å². The lowest BCUT2D eigenvalue weighted by Gasteiger charge is -2.17. The number of benzene rings is 2. The van der Waals surface area contributed by atoms with Crippen molar-refractivity contribution in [3.8, 4) is 11.8 Å². The van der Waals surface area contributed by atoms with E-state index in [4.69, 9.17) is 15.9 Å². The van der Waals surface area contributed by atoms with Crippen molar-refractivity contribution in [3.05, 3.63) is 64.7 Å². The van der Waals surface area contributed by atoms with Gasteiger partial charge in [0.2, 0.25) is 0 Å². The van der Waals surface area contributed by atoms with Crippen LogP contribution in [0.5, 0.6) is 0 Å². The molecule has 1 heterocycles. The minimum Gasteiger partial charge on any atom is -0.384 e. The van der Waals surface area contributed by atoms with Crippen molar-refractivity contribution in [1.29, 1.82) is 5.41 Å². The van der Waals surface area contributed by atoms with E-state index in [1.165, 1.54) is 6.92 Å². The number of nitrogens with two attached hydrogens (primary N) is 1. The van der Waals surface area contributed by atoms with Gasteiger partial charge in [0.25, 0.3) is 5.91 Å². The zero-order valence-electron chi connectivity index (χ0n) is 18.4. The molecule has 1 aliphatic rings. The smallest absolute Gasteiger partial charge is 0.254 e. The standard InChI is InChI=1S/C23H26N4O.C2H4O/c1-17-15-18(10-11-21(17)23(28)27-13-3-4-14-27)7-6-12-26(2)20-9-5-8-19(16-20)22(24)25;1-2-3/h5,8-11,15-16H,3-4,12-14H2,1-2H3,(H3,24,25);2H,1H3. The number of hydrogen-bond donors (Lipinski definition) is 2. The van der Waals surface area contributed by atoms with Crippen molar-refractivity contribution in [2.45, 2.75) is 26.7 Å². The van der Waals surface area contributed by atoms with Crippen LogP contribution in [0.1, 0.15) is 46.8 Å². The molecule has 6 nitrogen and oxygen atoms in total. The molecule has 1 fully saturated rings. The van der Waals surface area contributed by atoms with Crippen molar-refractivity contribution < 1.29 is 9.59 Å². The van der Waals surface area contributed by atoms with Gasteiger partial charge in [0.05, 0.1) is 6.54 Å². The van der Waals surface area contributed by atoms with E-state index in [1.54, 1.807) is 0 Å². The minimum absolute atomic E-state index is 0.0559. The first-order chi connectivity index (χ1) is 14.9. The lowest BCUT2D eigenvalue weighted by molar-refractivity contribution is -0.106. The normalized spacial score (nSPS) is 12.2. The number of rotatable bonds is 4. The number of carbonyl (C=O) groups is 2. The van der Waals surface area contributed by atoms with Gasteiger partial charge in [-0.1, -0.05) is 24.0 Å². The van der Waals surface area contributed by atoms with Gasteiger partial charge in [-0.2, -0.15) is 0 Å². The van der Waals surface area contributed by atoms with Gasteiger partial charge in [0.15, 0.2) is 0 Å². The highest BCUT2D eigenvalue weighted by molar-refractivity contribution is 5.96. The second-order valence-electron chi connectivity index (χ2n) is 7.39. The van der Waals surface area contributed by atoms with Gasteiger partial charge in [0.1, 0.15) is 12.1 Å². The molecule has 162 valence electrons. The summed E-state index contributed by atoms with van der Waals surface area (Å²) in [5, 5.41) is 7.55. The fourth-order valence-corrected chi connectivity index (χ4v) is 3.33. The van der Waals surface area contributed by atoms with E-state index in [0.29, 0.717) is 12.1 Å². The molecule has 1 aliphatic heterocycles. The second-order valence-corrected chi connectivity index (χ2v) is 7.39. The topological polar surface area (TPSA) is 90.5 Å². The van der Waals surface area contributed by atoms with Crippen LogP contribution in [-0.2, 0) is 4.79 Å². The Bertz CT molecular complexity index is 998. The summed E-state index contributed by atoms with van der Waals surface area (Å²) >= 11 is 0. The van der Waals surface area contributed by atoms with Gasteiger partial charge in [-0.15, -0.1) is 0 Å². The molecule has 2 aromatic rings. The van der Waals surface area contributed by atoms with E-state index in [1.807, 2.05) is 66.2 Å². The van der Waals surface area contributed by atoms with Crippen LogP contribution in [0.15, 0.2) is 42.5 Å². The van der Waals surface area contributed by atoms with Crippen LogP contribution < -0.4 is 10.6 Å². The molecule has 2 aromatic carbocycles. The Hall–Kier alpha value is -3.59. The first-order valence-corrected chi connectivity index (χ1v) is 10.3. The molecule has 1 amide bonds. The van der Waals surface area contributed by atoms with E-state index in [0.717, 1.165) is 54.6 Å². The van der Waals surface area contributed by atoms with Crippen LogP contribution in [-0.4, -0.2) is 49.6 Å². The molecule has 0 saturated carbocycles. The number of aryl methyl sites for hydroxylation is 1. The molecule has 0 atom stereocenters. The Balaban J connectivity index is 0.00000107. The van der Waals surface area contributed by atoms with Crippen molar-refractivity contribution in [1.82, 2.24) is 4.90 Å². The number of amides is 1. The third-order valence-electron chi connectivity index (χ3n) is 5.00. The van der Waals surface area contributed by atoms with Gasteiger partial charge in [-0.3, -0.25) is 10.2 Å². The van der Waals surface area contributed by atoms with E-state index in [9.17, 15) is 4.79 Å². The number of hydrogen-bond acceptors (Lipinski definition) is 4. The Morgan fingerprint density at radius 3 is 2.52 bits per heavy atom. The Morgan fingerprint density at radius 2 is 1.90 bits per heavy atom. The first-order valence-electron chi connectivity index (χ1n) is 10.3. The number of nitrogen functional groups attached to an aromatic ring is 1. The summed E-state index contributed by atoms with van der Waals surface area (Å²) in [5.41, 5.74) is 9.86. The SMILES string of the molecule is CC=O.Cc1cc(C#CCN(C)c2cccc(C(=N)N)c2)ccc1C(=O)N1CCCC1. The molecule has 0 aromatic heterocycles. The van der Waals surface area contributed by atoms with Gasteiger partial charge >= 0.3 is 0 Å². The number of carbonyl (C=O) groups excluding carboxylic acids is 2. The Kier molecular flexibility index (Phi) is 8.83. The number of nitrogens with one attached hydrogen (secondary N) is 1. The summed E-state index contributed by atoms with van der Waals surface area (Å²) in [6, 6.07) is 13.3. The zero-order valence-corrected chi connectivity index (χ0v) is 18.4. The monoisotopic (exact) mass is 418 g/mol. The van der Waals surface area contributed by atoms with E-state index in [2.05, 4.69) is 11.8 Å². The Morgan fingerprint density at radius 1 is 1.23 bits per heavy atom. The van der Waals surface area contributed by atoms with Crippen molar-refractivity contribution >= 4 is 23.7 Å². The van der Waals surface area contributed by atoms with E-state index in [-0.39, 0.29) is 11.7 Å². The maximum atomic E-state index is 12.6. The summed E-state index contributed by atoms with van der Waals surface area (Å²) in [4.78, 5) is 25.3. The highest BCUT2D eigenvalue weighted by Gasteiger charge is 2.20. The molecule has 3 rings (SSSR count). The van der Waals surface area contributed by atoms with Crippen LogP contribution in [0.4, 0.5) is 5.69 Å². The quantitative estimate of drug-likeness (QED) is 0.345. The summed E-state index contributed by atoms with van der Waals surface area (Å²) in [6.07, 6.45) is 2.94. The van der Waals surface area contributed by atoms with E-state index >= 15 is 0 Å². The molecule has 0 unspecified atom stereocenters. The zero-order chi connectivity index (χ0) is 22.8. The third kappa shape index (κ3) is 6.71. The summed E-state index contributed by atoms with van der Waals surface area (Å²) in [5.74, 6) is 6.53. The van der Waals surface area contributed by atoms with Crippen LogP contribution in [0.3, 0.4) is 0 Å². The lowest BCUT2D eigenvalue weighted by Crippen LogP contribution is -2.28. The number of likely N-dealkylation sites (tertiary alicyclic amines) is 1. The summed E-state index contributed by atoms with van der Waals surface area (Å²) in [6.45, 7) is 5.68. The fourth-order valence-electron chi connectivity index (χ4n) is 3.33. The number of aldehydes is 1. The van der Waals surface area contributed by atoms with Gasteiger partial charge < -0.3 is 20.3 Å². The molecule has 6 heteroatoms. The van der Waals surface area contributed by atoms with E-state index < -0.39 is 0 Å². The summed E-state index contributed by atoms with van der Waals surface area (Å²) in [7, 11) is 1.96. The van der Waals surface area contributed by atoms with Crippen LogP contribution in [0.2, 0.25) is 0 Å². The van der Waals surface area contributed by atoms with Crippen LogP contribution in [0, 0.1) is 24.2 Å². The average molecular weight is 419 g/mol. The Labute approximate surface area is 184 Å². The van der Waals surface area contributed by atoms with Crippen molar-refractivity contribution in [3.63, 3.8) is 0 Å². The molecular formula is C25H30N4O2. The predicted octanol–water partition coefficient (Wildman–Crippen LogP) is 3.21. The first kappa shape index (κ1) is 23.7. The molecular weight excluding hydrogens is 388 g/mol. The highest BCUT2D eigenvalue weighted by Crippen LogP contribution is 2.17.